The van der Waals surface area contributed by atoms with Crippen LogP contribution in [0.2, 0.25) is 0 Å². The van der Waals surface area contributed by atoms with Gasteiger partial charge in [-0.25, -0.2) is 0 Å². The first kappa shape index (κ1) is 11.9. The van der Waals surface area contributed by atoms with Gasteiger partial charge < -0.3 is 20.5 Å². The summed E-state index contributed by atoms with van der Waals surface area (Å²) in [5.74, 6) is 0. The number of hydrogen-bond acceptors (Lipinski definition) is 4. The van der Waals surface area contributed by atoms with Gasteiger partial charge in [-0.15, -0.1) is 0 Å². The topological polar surface area (TPSA) is 53.5 Å². The van der Waals surface area contributed by atoms with E-state index in [4.69, 9.17) is 4.74 Å². The van der Waals surface area contributed by atoms with Gasteiger partial charge in [-0.05, 0) is 26.8 Å². The van der Waals surface area contributed by atoms with Crippen LogP contribution in [0.4, 0.5) is 0 Å². The van der Waals surface area contributed by atoms with E-state index in [0.29, 0.717) is 19.8 Å². The summed E-state index contributed by atoms with van der Waals surface area (Å²) in [7, 11) is 0. The maximum Gasteiger partial charge on any atom is 0.0897 e. The molecule has 0 aliphatic carbocycles. The van der Waals surface area contributed by atoms with Crippen LogP contribution in [-0.4, -0.2) is 49.6 Å². The third kappa shape index (κ3) is 3.92. The quantitative estimate of drug-likeness (QED) is 0.555. The van der Waals surface area contributed by atoms with E-state index in [2.05, 4.69) is 17.6 Å². The van der Waals surface area contributed by atoms with E-state index in [-0.39, 0.29) is 5.54 Å². The van der Waals surface area contributed by atoms with Gasteiger partial charge in [0.1, 0.15) is 0 Å². The molecule has 0 aromatic carbocycles. The van der Waals surface area contributed by atoms with Crippen LogP contribution in [0.5, 0.6) is 0 Å². The van der Waals surface area contributed by atoms with Gasteiger partial charge in [0, 0.05) is 25.2 Å². The average Bonchev–Trinajstić information content (AvgIpc) is 2.60. The molecule has 1 saturated heterocycles. The Morgan fingerprint density at radius 3 is 3.00 bits per heavy atom. The number of rotatable bonds is 6. The van der Waals surface area contributed by atoms with E-state index in [0.717, 1.165) is 19.5 Å². The van der Waals surface area contributed by atoms with Gasteiger partial charge in [0.15, 0.2) is 0 Å². The van der Waals surface area contributed by atoms with E-state index < -0.39 is 6.10 Å². The number of aliphatic hydroxyl groups is 1. The summed E-state index contributed by atoms with van der Waals surface area (Å²) < 4.78 is 5.14. The second-order valence-corrected chi connectivity index (χ2v) is 4.18. The van der Waals surface area contributed by atoms with Gasteiger partial charge in [0.25, 0.3) is 0 Å². The summed E-state index contributed by atoms with van der Waals surface area (Å²) in [6, 6.07) is 0. The molecule has 1 fully saturated rings. The minimum absolute atomic E-state index is 0.146. The largest absolute Gasteiger partial charge is 0.389 e. The average molecular weight is 202 g/mol. The van der Waals surface area contributed by atoms with Crippen LogP contribution in [0.1, 0.15) is 20.3 Å². The van der Waals surface area contributed by atoms with E-state index >= 15 is 0 Å². The molecule has 1 aliphatic rings. The molecule has 0 saturated carbocycles. The fourth-order valence-electron chi connectivity index (χ4n) is 1.64. The van der Waals surface area contributed by atoms with Crippen molar-refractivity contribution >= 4 is 0 Å². The first-order chi connectivity index (χ1) is 6.66. The Hall–Kier alpha value is -0.160. The highest BCUT2D eigenvalue weighted by Gasteiger charge is 2.28. The maximum atomic E-state index is 9.55. The zero-order valence-corrected chi connectivity index (χ0v) is 9.18. The molecule has 0 spiro atoms. The molecule has 1 heterocycles. The third-order valence-electron chi connectivity index (χ3n) is 2.65. The Morgan fingerprint density at radius 2 is 2.43 bits per heavy atom. The van der Waals surface area contributed by atoms with Crippen molar-refractivity contribution in [1.82, 2.24) is 10.6 Å². The molecule has 1 rings (SSSR count). The first-order valence-electron chi connectivity index (χ1n) is 5.38. The molecule has 3 N–H and O–H groups in total. The lowest BCUT2D eigenvalue weighted by molar-refractivity contribution is 0.0392. The van der Waals surface area contributed by atoms with Crippen LogP contribution in [0.25, 0.3) is 0 Å². The van der Waals surface area contributed by atoms with Crippen molar-refractivity contribution in [2.24, 2.45) is 0 Å². The van der Waals surface area contributed by atoms with Gasteiger partial charge in [-0.3, -0.25) is 0 Å². The van der Waals surface area contributed by atoms with E-state index in [1.165, 1.54) is 0 Å². The van der Waals surface area contributed by atoms with Crippen molar-refractivity contribution in [3.8, 4) is 0 Å². The molecule has 0 aromatic rings. The predicted octanol–water partition coefficient (Wildman–Crippen LogP) is -0.275. The van der Waals surface area contributed by atoms with E-state index in [1.54, 1.807) is 0 Å². The Labute approximate surface area is 86.0 Å². The van der Waals surface area contributed by atoms with E-state index in [1.807, 2.05) is 6.92 Å². The summed E-state index contributed by atoms with van der Waals surface area (Å²) in [5.41, 5.74) is 0.146. The van der Waals surface area contributed by atoms with Crippen LogP contribution in [0.15, 0.2) is 0 Å². The van der Waals surface area contributed by atoms with Crippen molar-refractivity contribution in [3.05, 3.63) is 0 Å². The molecule has 0 radical (unpaired) electrons. The standard InChI is InChI=1S/C10H22N2O2/c1-3-14-7-9(13)6-12-10(2)4-5-11-8-10/h9,11-13H,3-8H2,1-2H3. The van der Waals surface area contributed by atoms with Crippen molar-refractivity contribution < 1.29 is 9.84 Å². The molecule has 4 nitrogen and oxygen atoms in total. The summed E-state index contributed by atoms with van der Waals surface area (Å²) >= 11 is 0. The summed E-state index contributed by atoms with van der Waals surface area (Å²) in [6.07, 6.45) is 0.723. The number of ether oxygens (including phenoxy) is 1. The fourth-order valence-corrected chi connectivity index (χ4v) is 1.64. The second kappa shape index (κ2) is 5.66. The Balaban J connectivity index is 2.12. The van der Waals surface area contributed by atoms with Crippen LogP contribution >= 0.6 is 0 Å². The van der Waals surface area contributed by atoms with E-state index in [9.17, 15) is 5.11 Å². The van der Waals surface area contributed by atoms with Gasteiger partial charge in [0.2, 0.25) is 0 Å². The van der Waals surface area contributed by atoms with Gasteiger partial charge >= 0.3 is 0 Å². The minimum atomic E-state index is -0.396. The van der Waals surface area contributed by atoms with Crippen molar-refractivity contribution in [2.45, 2.75) is 31.9 Å². The predicted molar refractivity (Wildman–Crippen MR) is 56.4 cm³/mol. The molecule has 0 bridgehead atoms. The zero-order valence-electron chi connectivity index (χ0n) is 9.18. The summed E-state index contributed by atoms with van der Waals surface area (Å²) in [4.78, 5) is 0. The highest BCUT2D eigenvalue weighted by atomic mass is 16.5. The highest BCUT2D eigenvalue weighted by molar-refractivity contribution is 4.91. The van der Waals surface area contributed by atoms with Crippen LogP contribution < -0.4 is 10.6 Å². The second-order valence-electron chi connectivity index (χ2n) is 4.18. The Bertz CT molecular complexity index is 158. The molecule has 2 atom stereocenters. The van der Waals surface area contributed by atoms with Crippen LogP contribution in [0, 0.1) is 0 Å². The summed E-state index contributed by atoms with van der Waals surface area (Å²) in [5, 5.41) is 16.2. The lowest BCUT2D eigenvalue weighted by Crippen LogP contribution is -2.48. The Kier molecular flexibility index (Phi) is 4.81. The molecular weight excluding hydrogens is 180 g/mol. The lowest BCUT2D eigenvalue weighted by Gasteiger charge is -2.26. The fraction of sp³-hybridized carbons (Fsp3) is 1.00. The van der Waals surface area contributed by atoms with Crippen molar-refractivity contribution in [2.75, 3.05) is 32.8 Å². The van der Waals surface area contributed by atoms with Crippen LogP contribution in [0.3, 0.4) is 0 Å². The van der Waals surface area contributed by atoms with Gasteiger partial charge in [-0.1, -0.05) is 0 Å². The number of nitrogens with one attached hydrogen (secondary N) is 2. The molecule has 84 valence electrons. The Morgan fingerprint density at radius 1 is 1.64 bits per heavy atom. The lowest BCUT2D eigenvalue weighted by atomic mass is 10.0. The summed E-state index contributed by atoms with van der Waals surface area (Å²) in [6.45, 7) is 7.85. The molecule has 2 unspecified atom stereocenters. The molecular formula is C10H22N2O2. The highest BCUT2D eigenvalue weighted by Crippen LogP contribution is 2.12. The SMILES string of the molecule is CCOCC(O)CNC1(C)CCNC1. The molecule has 4 heteroatoms. The smallest absolute Gasteiger partial charge is 0.0897 e. The monoisotopic (exact) mass is 202 g/mol. The number of hydrogen-bond donors (Lipinski definition) is 3. The van der Waals surface area contributed by atoms with Crippen LogP contribution in [-0.2, 0) is 4.74 Å². The number of β-amino-alcohol motifs (C(OH)–C–C–N with tert-alkyl or cyclic N) is 1. The third-order valence-corrected chi connectivity index (χ3v) is 2.65. The number of aliphatic hydroxyl groups excluding tert-OH is 1. The molecule has 14 heavy (non-hydrogen) atoms. The molecule has 0 aromatic heterocycles. The molecule has 0 amide bonds. The van der Waals surface area contributed by atoms with Crippen molar-refractivity contribution in [3.63, 3.8) is 0 Å². The first-order valence-corrected chi connectivity index (χ1v) is 5.38. The minimum Gasteiger partial charge on any atom is -0.389 e. The zero-order chi connectivity index (χ0) is 10.4. The molecule has 1 aliphatic heterocycles. The maximum absolute atomic E-state index is 9.55. The van der Waals surface area contributed by atoms with Crippen molar-refractivity contribution in [1.29, 1.82) is 0 Å². The van der Waals surface area contributed by atoms with Gasteiger partial charge in [0.05, 0.1) is 12.7 Å². The normalized spacial score (nSPS) is 29.4. The van der Waals surface area contributed by atoms with Gasteiger partial charge in [-0.2, -0.15) is 0 Å².